The van der Waals surface area contributed by atoms with Crippen molar-refractivity contribution in [1.82, 2.24) is 20.8 Å². The van der Waals surface area contributed by atoms with Crippen molar-refractivity contribution >= 4 is 12.5 Å². The van der Waals surface area contributed by atoms with Crippen molar-refractivity contribution in [1.29, 1.82) is 10.5 Å². The fourth-order valence-electron chi connectivity index (χ4n) is 3.85. The van der Waals surface area contributed by atoms with E-state index in [0.29, 0.717) is 46.2 Å². The van der Waals surface area contributed by atoms with Gasteiger partial charge in [0.1, 0.15) is 19.9 Å². The van der Waals surface area contributed by atoms with Gasteiger partial charge in [-0.2, -0.15) is 10.5 Å². The van der Waals surface area contributed by atoms with Crippen molar-refractivity contribution in [3.05, 3.63) is 12.2 Å². The normalized spacial score (nSPS) is 10.4. The number of nitrogens with one attached hydrogen (secondary N) is 2. The van der Waals surface area contributed by atoms with Gasteiger partial charge < -0.3 is 19.5 Å². The quantitative estimate of drug-likeness (QED) is 0.0300. The topological polar surface area (TPSA) is 149 Å². The van der Waals surface area contributed by atoms with Crippen LogP contribution in [0, 0.1) is 23.0 Å². The SMILES string of the molecule is C=C(C)CCCOC(=O)NCCCCCCN(OCNCCCCCCOC#N)N(C=O)CCCCCCOC#N. The van der Waals surface area contributed by atoms with Crippen LogP contribution < -0.4 is 10.6 Å². The van der Waals surface area contributed by atoms with Crippen LogP contribution in [0.4, 0.5) is 4.79 Å². The third kappa shape index (κ3) is 26.9. The fraction of sp³-hybridized carbons (Fsp3) is 0.793. The van der Waals surface area contributed by atoms with Gasteiger partial charge in [-0.3, -0.25) is 20.0 Å². The van der Waals surface area contributed by atoms with Crippen LogP contribution in [0.25, 0.3) is 0 Å². The second kappa shape index (κ2) is 29.9. The van der Waals surface area contributed by atoms with E-state index in [1.165, 1.54) is 0 Å². The number of hydroxylamine groups is 1. The molecule has 0 atom stereocenters. The summed E-state index contributed by atoms with van der Waals surface area (Å²) in [7, 11) is 0. The number of hydrogen-bond donors (Lipinski definition) is 2. The van der Waals surface area contributed by atoms with E-state index in [1.807, 2.05) is 6.92 Å². The number of ether oxygens (including phenoxy) is 3. The molecule has 2 N–H and O–H groups in total. The van der Waals surface area contributed by atoms with Gasteiger partial charge in [-0.1, -0.05) is 36.4 Å². The van der Waals surface area contributed by atoms with Crippen LogP contribution in [0.5, 0.6) is 0 Å². The van der Waals surface area contributed by atoms with Gasteiger partial charge in [0.15, 0.2) is 0 Å². The average molecular weight is 581 g/mol. The molecule has 0 unspecified atom stereocenters. The number of amides is 2. The zero-order valence-electron chi connectivity index (χ0n) is 25.1. The van der Waals surface area contributed by atoms with E-state index in [1.54, 1.807) is 22.7 Å². The van der Waals surface area contributed by atoms with Crippen molar-refractivity contribution < 1.29 is 28.6 Å². The molecule has 0 aromatic carbocycles. The number of allylic oxidation sites excluding steroid dienone is 1. The van der Waals surface area contributed by atoms with Crippen molar-refractivity contribution in [3.8, 4) is 12.5 Å². The van der Waals surface area contributed by atoms with Gasteiger partial charge in [-0.25, -0.2) is 4.79 Å². The van der Waals surface area contributed by atoms with Gasteiger partial charge in [-0.05, 0) is 77.7 Å². The number of unbranched alkanes of at least 4 members (excludes halogenated alkanes) is 9. The number of hydrogen-bond acceptors (Lipinski definition) is 10. The monoisotopic (exact) mass is 580 g/mol. The predicted octanol–water partition coefficient (Wildman–Crippen LogP) is 4.90. The summed E-state index contributed by atoms with van der Waals surface area (Å²) in [6, 6.07) is 0. The van der Waals surface area contributed by atoms with Gasteiger partial charge in [0.05, 0.1) is 6.61 Å². The van der Waals surface area contributed by atoms with Gasteiger partial charge in [-0.15, -0.1) is 6.58 Å². The van der Waals surface area contributed by atoms with E-state index < -0.39 is 0 Å². The Labute approximate surface area is 246 Å². The zero-order valence-corrected chi connectivity index (χ0v) is 25.1. The van der Waals surface area contributed by atoms with E-state index in [-0.39, 0.29) is 6.09 Å². The molecule has 0 saturated heterocycles. The van der Waals surface area contributed by atoms with Crippen LogP contribution >= 0.6 is 0 Å². The van der Waals surface area contributed by atoms with Crippen molar-refractivity contribution in [3.63, 3.8) is 0 Å². The van der Waals surface area contributed by atoms with Crippen molar-refractivity contribution in [2.24, 2.45) is 0 Å². The summed E-state index contributed by atoms with van der Waals surface area (Å²) in [5.74, 6) is 0. The minimum absolute atomic E-state index is 0.297. The number of carbonyl (C=O) groups excluding carboxylic acids is 2. The van der Waals surface area contributed by atoms with E-state index >= 15 is 0 Å². The lowest BCUT2D eigenvalue weighted by molar-refractivity contribution is -0.273. The zero-order chi connectivity index (χ0) is 30.2. The van der Waals surface area contributed by atoms with E-state index in [2.05, 4.69) is 21.9 Å². The van der Waals surface area contributed by atoms with Crippen LogP contribution in [0.2, 0.25) is 0 Å². The molecule has 0 aliphatic carbocycles. The molecule has 12 nitrogen and oxygen atoms in total. The summed E-state index contributed by atoms with van der Waals surface area (Å²) in [4.78, 5) is 29.5. The molecule has 2 amide bonds. The average Bonchev–Trinajstić information content (AvgIpc) is 2.96. The summed E-state index contributed by atoms with van der Waals surface area (Å²) in [5.41, 5.74) is 1.08. The molecule has 0 heterocycles. The smallest absolute Gasteiger partial charge is 0.407 e. The Balaban J connectivity index is 4.28. The highest BCUT2D eigenvalue weighted by Crippen LogP contribution is 2.08. The first-order chi connectivity index (χ1) is 20.0. The number of nitrogens with zero attached hydrogens (tertiary/aromatic N) is 4. The standard InChI is InChI=1S/C29H52N6O6/c1-28(2)16-15-23-40-29(37)33-18-10-3-5-12-20-35(34(27-36)19-11-6-8-14-22-39-25-31)41-26-32-17-9-4-7-13-21-38-24-30/h27,32H,1,3-23,26H2,2H3,(H,33,37). The highest BCUT2D eigenvalue weighted by molar-refractivity contribution is 5.66. The summed E-state index contributed by atoms with van der Waals surface area (Å²) in [6.07, 6.45) is 16.3. The van der Waals surface area contributed by atoms with Gasteiger partial charge in [0.2, 0.25) is 6.41 Å². The summed E-state index contributed by atoms with van der Waals surface area (Å²) >= 11 is 0. The highest BCUT2D eigenvalue weighted by Gasteiger charge is 2.14. The van der Waals surface area contributed by atoms with Crippen molar-refractivity contribution in [2.75, 3.05) is 52.7 Å². The Kier molecular flexibility index (Phi) is 27.7. The van der Waals surface area contributed by atoms with E-state index in [4.69, 9.17) is 24.8 Å². The van der Waals surface area contributed by atoms with Gasteiger partial charge in [0, 0.05) is 19.6 Å². The maximum Gasteiger partial charge on any atom is 0.407 e. The molecule has 0 saturated carbocycles. The van der Waals surface area contributed by atoms with E-state index in [0.717, 1.165) is 108 Å². The van der Waals surface area contributed by atoms with Crippen molar-refractivity contribution in [2.45, 2.75) is 96.8 Å². The Bertz CT molecular complexity index is 742. The number of carbonyl (C=O) groups is 2. The van der Waals surface area contributed by atoms with Crippen LogP contribution in [0.3, 0.4) is 0 Å². The molecule has 0 aliphatic rings. The summed E-state index contributed by atoms with van der Waals surface area (Å²) in [5, 5.41) is 26.1. The molecule has 0 fully saturated rings. The van der Waals surface area contributed by atoms with Gasteiger partial charge in [0.25, 0.3) is 12.5 Å². The molecular weight excluding hydrogens is 528 g/mol. The Morgan fingerprint density at radius 3 is 2.00 bits per heavy atom. The minimum atomic E-state index is -0.383. The molecular formula is C29H52N6O6. The molecule has 234 valence electrons. The van der Waals surface area contributed by atoms with Crippen LogP contribution in [-0.2, 0) is 23.8 Å². The number of nitriles is 2. The molecule has 0 rings (SSSR count). The third-order valence-electron chi connectivity index (χ3n) is 6.11. The predicted molar refractivity (Wildman–Crippen MR) is 155 cm³/mol. The minimum Gasteiger partial charge on any atom is -0.450 e. The lowest BCUT2D eigenvalue weighted by Gasteiger charge is -2.31. The highest BCUT2D eigenvalue weighted by atomic mass is 16.7. The second-order valence-electron chi connectivity index (χ2n) is 9.86. The molecule has 12 heteroatoms. The third-order valence-corrected chi connectivity index (χ3v) is 6.11. The number of hydrazine groups is 1. The molecule has 0 aromatic rings. The Morgan fingerprint density at radius 2 is 1.39 bits per heavy atom. The molecule has 0 spiro atoms. The van der Waals surface area contributed by atoms with E-state index in [9.17, 15) is 9.59 Å². The number of alkyl carbamates (subject to hydrolysis) is 1. The van der Waals surface area contributed by atoms with Crippen LogP contribution in [0.15, 0.2) is 12.2 Å². The van der Waals surface area contributed by atoms with Crippen LogP contribution in [-0.4, -0.2) is 75.4 Å². The molecule has 0 aromatic heterocycles. The first-order valence-electron chi connectivity index (χ1n) is 14.9. The number of rotatable bonds is 30. The molecule has 0 bridgehead atoms. The first kappa shape index (κ1) is 37.9. The lowest BCUT2D eigenvalue weighted by atomic mass is 10.2. The maximum atomic E-state index is 11.8. The maximum absolute atomic E-state index is 11.8. The first-order valence-corrected chi connectivity index (χ1v) is 14.9. The second-order valence-corrected chi connectivity index (χ2v) is 9.86. The Morgan fingerprint density at radius 1 is 0.805 bits per heavy atom. The summed E-state index contributed by atoms with van der Waals surface area (Å²) < 4.78 is 14.5. The summed E-state index contributed by atoms with van der Waals surface area (Å²) in [6.45, 7) is 9.86. The van der Waals surface area contributed by atoms with Crippen LogP contribution in [0.1, 0.15) is 96.8 Å². The lowest BCUT2D eigenvalue weighted by Crippen LogP contribution is -2.44. The largest absolute Gasteiger partial charge is 0.450 e. The fourth-order valence-corrected chi connectivity index (χ4v) is 3.85. The molecule has 0 aliphatic heterocycles. The Hall–Kier alpha value is -3.06. The molecule has 0 radical (unpaired) electrons. The molecule has 41 heavy (non-hydrogen) atoms. The van der Waals surface area contributed by atoms with Gasteiger partial charge >= 0.3 is 6.09 Å².